The van der Waals surface area contributed by atoms with Crippen LogP contribution in [-0.4, -0.2) is 72.5 Å². The summed E-state index contributed by atoms with van der Waals surface area (Å²) in [6.45, 7) is 7.46. The van der Waals surface area contributed by atoms with Crippen LogP contribution >= 0.6 is 0 Å². The molecule has 0 radical (unpaired) electrons. The van der Waals surface area contributed by atoms with Crippen molar-refractivity contribution in [2.45, 2.75) is 64.1 Å². The fourth-order valence-electron chi connectivity index (χ4n) is 5.26. The number of aryl methyl sites for hydroxylation is 1. The zero-order chi connectivity index (χ0) is 19.5. The van der Waals surface area contributed by atoms with Gasteiger partial charge >= 0.3 is 0 Å². The van der Waals surface area contributed by atoms with Crippen molar-refractivity contribution in [2.24, 2.45) is 0 Å². The average Bonchev–Trinajstić information content (AvgIpc) is 3.02. The molecule has 0 aromatic heterocycles. The molecule has 4 rings (SSSR count). The third-order valence-corrected chi connectivity index (χ3v) is 7.08. The molecule has 1 N–H and O–H groups in total. The molecule has 2 unspecified atom stereocenters. The summed E-state index contributed by atoms with van der Waals surface area (Å²) in [6.07, 6.45) is 7.38. The Balaban J connectivity index is 1.57. The van der Waals surface area contributed by atoms with Gasteiger partial charge in [0.15, 0.2) is 0 Å². The number of amides is 1. The van der Waals surface area contributed by atoms with Crippen molar-refractivity contribution in [3.63, 3.8) is 0 Å². The van der Waals surface area contributed by atoms with Gasteiger partial charge in [0.05, 0.1) is 6.54 Å². The van der Waals surface area contributed by atoms with Gasteiger partial charge in [-0.2, -0.15) is 0 Å². The third kappa shape index (κ3) is 4.36. The first-order valence-corrected chi connectivity index (χ1v) is 11.2. The molecular formula is C23H36N4O. The quantitative estimate of drug-likeness (QED) is 0.850. The van der Waals surface area contributed by atoms with Crippen molar-refractivity contribution in [2.75, 3.05) is 45.1 Å². The number of para-hydroxylation sites is 1. The van der Waals surface area contributed by atoms with Gasteiger partial charge in [-0.05, 0) is 70.3 Å². The van der Waals surface area contributed by atoms with Gasteiger partial charge in [-0.15, -0.1) is 0 Å². The predicted octanol–water partition coefficient (Wildman–Crippen LogP) is 3.09. The van der Waals surface area contributed by atoms with E-state index in [1.807, 2.05) is 0 Å². The molecule has 0 saturated carbocycles. The van der Waals surface area contributed by atoms with Crippen LogP contribution in [0.25, 0.3) is 0 Å². The predicted molar refractivity (Wildman–Crippen MR) is 115 cm³/mol. The van der Waals surface area contributed by atoms with E-state index in [0.29, 0.717) is 31.1 Å². The number of carbonyl (C=O) groups excluding carboxylic acids is 1. The molecule has 5 heteroatoms. The van der Waals surface area contributed by atoms with E-state index in [1.165, 1.54) is 55.3 Å². The molecule has 3 heterocycles. The summed E-state index contributed by atoms with van der Waals surface area (Å²) in [5.74, 6) is 0.297. The lowest BCUT2D eigenvalue weighted by atomic mass is 10.1. The highest BCUT2D eigenvalue weighted by Crippen LogP contribution is 2.29. The standard InChI is InChI=1S/C23H36N4O/c1-18-7-6-8-19-15-27(22(28)17-26-13-4-3-5-14-26)16-21-10-9-20(25(21)2)11-12-24-23(18)19/h6-8,20-21,24H,3-5,9-17H2,1-2H3. The summed E-state index contributed by atoms with van der Waals surface area (Å²) >= 11 is 0. The molecule has 0 spiro atoms. The van der Waals surface area contributed by atoms with Gasteiger partial charge in [-0.25, -0.2) is 0 Å². The van der Waals surface area contributed by atoms with Crippen molar-refractivity contribution in [3.8, 4) is 0 Å². The normalized spacial score (nSPS) is 27.0. The van der Waals surface area contributed by atoms with Crippen LogP contribution < -0.4 is 5.32 Å². The second kappa shape index (κ2) is 8.83. The number of nitrogens with one attached hydrogen (secondary N) is 1. The van der Waals surface area contributed by atoms with Gasteiger partial charge in [0.25, 0.3) is 0 Å². The minimum Gasteiger partial charge on any atom is -0.384 e. The maximum absolute atomic E-state index is 13.3. The molecule has 1 aromatic rings. The highest BCUT2D eigenvalue weighted by Gasteiger charge is 2.33. The van der Waals surface area contributed by atoms with Crippen LogP contribution in [0.1, 0.15) is 49.7 Å². The number of likely N-dealkylation sites (tertiary alicyclic amines) is 1. The summed E-state index contributed by atoms with van der Waals surface area (Å²) in [6, 6.07) is 7.60. The first-order chi connectivity index (χ1) is 13.6. The number of anilines is 1. The fourth-order valence-corrected chi connectivity index (χ4v) is 5.26. The second-order valence-electron chi connectivity index (χ2n) is 8.99. The Morgan fingerprint density at radius 2 is 1.89 bits per heavy atom. The summed E-state index contributed by atoms with van der Waals surface area (Å²) in [4.78, 5) is 20.4. The van der Waals surface area contributed by atoms with Gasteiger partial charge in [-0.3, -0.25) is 14.6 Å². The number of likely N-dealkylation sites (N-methyl/N-ethyl adjacent to an activating group) is 1. The number of fused-ring (bicyclic) bond motifs is 3. The van der Waals surface area contributed by atoms with Crippen LogP contribution in [0, 0.1) is 6.92 Å². The molecule has 0 aliphatic carbocycles. The van der Waals surface area contributed by atoms with Crippen LogP contribution in [0.15, 0.2) is 18.2 Å². The van der Waals surface area contributed by atoms with E-state index < -0.39 is 0 Å². The van der Waals surface area contributed by atoms with Crippen LogP contribution in [0.3, 0.4) is 0 Å². The highest BCUT2D eigenvalue weighted by atomic mass is 16.2. The van der Waals surface area contributed by atoms with Crippen molar-refractivity contribution in [3.05, 3.63) is 29.3 Å². The lowest BCUT2D eigenvalue weighted by molar-refractivity contribution is -0.134. The number of piperidine rings is 1. The Kier molecular flexibility index (Phi) is 6.22. The zero-order valence-corrected chi connectivity index (χ0v) is 17.6. The van der Waals surface area contributed by atoms with Crippen molar-refractivity contribution >= 4 is 11.6 Å². The molecular weight excluding hydrogens is 348 g/mol. The van der Waals surface area contributed by atoms with Gasteiger partial charge in [0.1, 0.15) is 0 Å². The monoisotopic (exact) mass is 384 g/mol. The average molecular weight is 385 g/mol. The molecule has 1 amide bonds. The third-order valence-electron chi connectivity index (χ3n) is 7.08. The first-order valence-electron chi connectivity index (χ1n) is 11.2. The van der Waals surface area contributed by atoms with Gasteiger partial charge in [0.2, 0.25) is 5.91 Å². The number of hydrogen-bond acceptors (Lipinski definition) is 4. The maximum atomic E-state index is 13.3. The molecule has 154 valence electrons. The molecule has 2 fully saturated rings. The topological polar surface area (TPSA) is 38.8 Å². The van der Waals surface area contributed by atoms with Crippen LogP contribution in [0.2, 0.25) is 0 Å². The molecule has 28 heavy (non-hydrogen) atoms. The lowest BCUT2D eigenvalue weighted by Gasteiger charge is -2.33. The summed E-state index contributed by atoms with van der Waals surface area (Å²) in [5.41, 5.74) is 3.77. The SMILES string of the molecule is Cc1cccc2c1NCCC1CCC(CN(C(=O)CN3CCCCC3)C2)N1C. The van der Waals surface area contributed by atoms with E-state index in [4.69, 9.17) is 0 Å². The Bertz CT molecular complexity index is 685. The van der Waals surface area contributed by atoms with E-state index >= 15 is 0 Å². The lowest BCUT2D eigenvalue weighted by Crippen LogP contribution is -2.47. The van der Waals surface area contributed by atoms with E-state index in [9.17, 15) is 4.79 Å². The largest absolute Gasteiger partial charge is 0.384 e. The van der Waals surface area contributed by atoms with E-state index in [1.54, 1.807) is 0 Å². The number of hydrogen-bond donors (Lipinski definition) is 1. The molecule has 1 aromatic carbocycles. The van der Waals surface area contributed by atoms with E-state index in [2.05, 4.69) is 52.2 Å². The smallest absolute Gasteiger partial charge is 0.237 e. The molecule has 5 nitrogen and oxygen atoms in total. The number of nitrogens with zero attached hydrogens (tertiary/aromatic N) is 3. The summed E-state index contributed by atoms with van der Waals surface area (Å²) < 4.78 is 0. The molecule has 2 atom stereocenters. The van der Waals surface area contributed by atoms with Gasteiger partial charge in [0, 0.05) is 37.4 Å². The highest BCUT2D eigenvalue weighted by molar-refractivity contribution is 5.78. The van der Waals surface area contributed by atoms with Crippen LogP contribution in [-0.2, 0) is 11.3 Å². The molecule has 3 aliphatic heterocycles. The second-order valence-corrected chi connectivity index (χ2v) is 8.99. The minimum atomic E-state index is 0.297. The Morgan fingerprint density at radius 1 is 1.11 bits per heavy atom. The fraction of sp³-hybridized carbons (Fsp3) is 0.696. The van der Waals surface area contributed by atoms with Crippen molar-refractivity contribution < 1.29 is 4.79 Å². The summed E-state index contributed by atoms with van der Waals surface area (Å²) in [5, 5.41) is 3.70. The van der Waals surface area contributed by atoms with E-state index in [0.717, 1.165) is 26.2 Å². The molecule has 2 bridgehead atoms. The zero-order valence-electron chi connectivity index (χ0n) is 17.6. The van der Waals surface area contributed by atoms with Gasteiger partial charge < -0.3 is 10.2 Å². The number of carbonyl (C=O) groups is 1. The molecule has 2 saturated heterocycles. The van der Waals surface area contributed by atoms with Gasteiger partial charge in [-0.1, -0.05) is 24.6 Å². The Morgan fingerprint density at radius 3 is 2.71 bits per heavy atom. The van der Waals surface area contributed by atoms with Crippen LogP contribution in [0.4, 0.5) is 5.69 Å². The molecule has 3 aliphatic rings. The van der Waals surface area contributed by atoms with Crippen LogP contribution in [0.5, 0.6) is 0 Å². The number of rotatable bonds is 2. The Hall–Kier alpha value is -1.59. The Labute approximate surface area is 170 Å². The minimum absolute atomic E-state index is 0.297. The number of benzene rings is 1. The maximum Gasteiger partial charge on any atom is 0.237 e. The van der Waals surface area contributed by atoms with E-state index in [-0.39, 0.29) is 0 Å². The van der Waals surface area contributed by atoms with Crippen molar-refractivity contribution in [1.82, 2.24) is 14.7 Å². The first kappa shape index (κ1) is 19.7. The van der Waals surface area contributed by atoms with Crippen molar-refractivity contribution in [1.29, 1.82) is 0 Å². The summed E-state index contributed by atoms with van der Waals surface area (Å²) in [7, 11) is 2.26.